The molecule has 0 saturated heterocycles. The number of hydrogen-bond acceptors (Lipinski definition) is 3. The average Bonchev–Trinajstić information content (AvgIpc) is 3.08. The number of rotatable bonds is 3. The highest BCUT2D eigenvalue weighted by Gasteiger charge is 2.30. The SMILES string of the molecule is CC(NC(=O)C1CCCC1)C(=O)N1CCCc2c(N)cccc21.Cl. The fraction of sp³-hybridized carbons (Fsp3) is 0.556. The highest BCUT2D eigenvalue weighted by atomic mass is 35.5. The molecule has 1 aromatic carbocycles. The average molecular weight is 352 g/mol. The zero-order valence-corrected chi connectivity index (χ0v) is 14.9. The van der Waals surface area contributed by atoms with Crippen LogP contribution in [-0.2, 0) is 16.0 Å². The van der Waals surface area contributed by atoms with Gasteiger partial charge in [0.25, 0.3) is 0 Å². The van der Waals surface area contributed by atoms with Crippen LogP contribution in [0.25, 0.3) is 0 Å². The van der Waals surface area contributed by atoms with Crippen molar-refractivity contribution in [2.24, 2.45) is 5.92 Å². The largest absolute Gasteiger partial charge is 0.398 e. The maximum absolute atomic E-state index is 12.8. The third kappa shape index (κ3) is 3.66. The van der Waals surface area contributed by atoms with Gasteiger partial charge in [-0.25, -0.2) is 0 Å². The van der Waals surface area contributed by atoms with Gasteiger partial charge in [0.15, 0.2) is 0 Å². The summed E-state index contributed by atoms with van der Waals surface area (Å²) in [5.41, 5.74) is 8.71. The lowest BCUT2D eigenvalue weighted by atomic mass is 9.99. The molecule has 132 valence electrons. The fourth-order valence-electron chi connectivity index (χ4n) is 3.70. The Morgan fingerprint density at radius 3 is 2.67 bits per heavy atom. The molecule has 24 heavy (non-hydrogen) atoms. The van der Waals surface area contributed by atoms with Gasteiger partial charge in [-0.3, -0.25) is 9.59 Å². The van der Waals surface area contributed by atoms with Crippen LogP contribution in [0.15, 0.2) is 18.2 Å². The molecule has 6 heteroatoms. The molecule has 0 bridgehead atoms. The zero-order valence-electron chi connectivity index (χ0n) is 14.1. The molecular formula is C18H26ClN3O2. The quantitative estimate of drug-likeness (QED) is 0.822. The van der Waals surface area contributed by atoms with Crippen LogP contribution in [0, 0.1) is 5.92 Å². The molecule has 1 unspecified atom stereocenters. The second kappa shape index (κ2) is 7.88. The normalized spacial score (nSPS) is 18.5. The van der Waals surface area contributed by atoms with Crippen molar-refractivity contribution < 1.29 is 9.59 Å². The molecule has 1 heterocycles. The highest BCUT2D eigenvalue weighted by Crippen LogP contribution is 2.31. The number of anilines is 2. The van der Waals surface area contributed by atoms with Crippen LogP contribution < -0.4 is 16.0 Å². The molecule has 2 aliphatic rings. The number of nitrogens with two attached hydrogens (primary N) is 1. The van der Waals surface area contributed by atoms with E-state index >= 15 is 0 Å². The third-order valence-electron chi connectivity index (χ3n) is 5.01. The zero-order chi connectivity index (χ0) is 16.4. The monoisotopic (exact) mass is 351 g/mol. The smallest absolute Gasteiger partial charge is 0.249 e. The third-order valence-corrected chi connectivity index (χ3v) is 5.01. The van der Waals surface area contributed by atoms with Crippen LogP contribution in [0.3, 0.4) is 0 Å². The maximum Gasteiger partial charge on any atom is 0.249 e. The second-order valence-corrected chi connectivity index (χ2v) is 6.65. The van der Waals surface area contributed by atoms with Gasteiger partial charge in [0.1, 0.15) is 6.04 Å². The van der Waals surface area contributed by atoms with Crippen LogP contribution in [0.2, 0.25) is 0 Å². The minimum atomic E-state index is -0.504. The molecule has 3 rings (SSSR count). The van der Waals surface area contributed by atoms with E-state index in [0.717, 1.165) is 55.5 Å². The van der Waals surface area contributed by atoms with Gasteiger partial charge in [0.2, 0.25) is 11.8 Å². The lowest BCUT2D eigenvalue weighted by Gasteiger charge is -2.32. The molecule has 1 saturated carbocycles. The second-order valence-electron chi connectivity index (χ2n) is 6.65. The van der Waals surface area contributed by atoms with Gasteiger partial charge in [0, 0.05) is 23.8 Å². The van der Waals surface area contributed by atoms with Crippen LogP contribution in [0.4, 0.5) is 11.4 Å². The number of carbonyl (C=O) groups excluding carboxylic acids is 2. The minimum Gasteiger partial charge on any atom is -0.398 e. The number of amides is 2. The minimum absolute atomic E-state index is 0. The summed E-state index contributed by atoms with van der Waals surface area (Å²) in [6.07, 6.45) is 5.90. The van der Waals surface area contributed by atoms with Crippen LogP contribution >= 0.6 is 12.4 Å². The van der Waals surface area contributed by atoms with E-state index in [-0.39, 0.29) is 30.1 Å². The van der Waals surface area contributed by atoms with E-state index in [2.05, 4.69) is 5.32 Å². The standard InChI is InChI=1S/C18H25N3O2.ClH/c1-12(20-17(22)13-6-2-3-7-13)18(23)21-11-5-8-14-15(19)9-4-10-16(14)21;/h4,9-10,12-13H,2-3,5-8,11,19H2,1H3,(H,20,22);1H. The summed E-state index contributed by atoms with van der Waals surface area (Å²) >= 11 is 0. The van der Waals surface area contributed by atoms with Crippen molar-refractivity contribution in [3.63, 3.8) is 0 Å². The van der Waals surface area contributed by atoms with Crippen molar-refractivity contribution in [3.8, 4) is 0 Å². The van der Waals surface area contributed by atoms with E-state index in [1.165, 1.54) is 0 Å². The van der Waals surface area contributed by atoms with E-state index in [4.69, 9.17) is 5.73 Å². The maximum atomic E-state index is 12.8. The van der Waals surface area contributed by atoms with Crippen molar-refractivity contribution in [1.82, 2.24) is 5.32 Å². The summed E-state index contributed by atoms with van der Waals surface area (Å²) in [6, 6.07) is 5.18. The molecule has 1 aromatic rings. The topological polar surface area (TPSA) is 75.4 Å². The molecule has 1 atom stereocenters. The van der Waals surface area contributed by atoms with Gasteiger partial charge in [-0.1, -0.05) is 18.9 Å². The predicted octanol–water partition coefficient (Wildman–Crippen LogP) is 2.66. The van der Waals surface area contributed by atoms with E-state index in [1.807, 2.05) is 18.2 Å². The van der Waals surface area contributed by atoms with E-state index in [9.17, 15) is 9.59 Å². The van der Waals surface area contributed by atoms with E-state index < -0.39 is 6.04 Å². The first-order valence-corrected chi connectivity index (χ1v) is 8.57. The van der Waals surface area contributed by atoms with Crippen molar-refractivity contribution in [1.29, 1.82) is 0 Å². The highest BCUT2D eigenvalue weighted by molar-refractivity contribution is 6.00. The van der Waals surface area contributed by atoms with E-state index in [1.54, 1.807) is 11.8 Å². The Morgan fingerprint density at radius 2 is 1.96 bits per heavy atom. The molecular weight excluding hydrogens is 326 g/mol. The predicted molar refractivity (Wildman–Crippen MR) is 98.3 cm³/mol. The number of nitrogens with zero attached hydrogens (tertiary/aromatic N) is 1. The number of carbonyl (C=O) groups is 2. The molecule has 1 aliphatic carbocycles. The summed E-state index contributed by atoms with van der Waals surface area (Å²) in [6.45, 7) is 2.45. The molecule has 1 aliphatic heterocycles. The molecule has 2 amide bonds. The van der Waals surface area contributed by atoms with Crippen LogP contribution in [-0.4, -0.2) is 24.4 Å². The first-order chi connectivity index (χ1) is 11.1. The molecule has 0 radical (unpaired) electrons. The van der Waals surface area contributed by atoms with Crippen molar-refractivity contribution in [2.75, 3.05) is 17.2 Å². The Hall–Kier alpha value is -1.75. The lowest BCUT2D eigenvalue weighted by Crippen LogP contribution is -2.49. The summed E-state index contributed by atoms with van der Waals surface area (Å²) in [4.78, 5) is 26.8. The molecule has 0 spiro atoms. The van der Waals surface area contributed by atoms with Gasteiger partial charge in [-0.2, -0.15) is 0 Å². The Bertz CT molecular complexity index is 614. The van der Waals surface area contributed by atoms with Crippen molar-refractivity contribution in [2.45, 2.75) is 51.5 Å². The van der Waals surface area contributed by atoms with Gasteiger partial charge < -0.3 is 16.0 Å². The number of hydrogen-bond donors (Lipinski definition) is 2. The Morgan fingerprint density at radius 1 is 1.25 bits per heavy atom. The van der Waals surface area contributed by atoms with Gasteiger partial charge in [-0.15, -0.1) is 12.4 Å². The summed E-state index contributed by atoms with van der Waals surface area (Å²) in [7, 11) is 0. The fourth-order valence-corrected chi connectivity index (χ4v) is 3.70. The summed E-state index contributed by atoms with van der Waals surface area (Å²) in [5, 5.41) is 2.90. The van der Waals surface area contributed by atoms with E-state index in [0.29, 0.717) is 6.54 Å². The number of fused-ring (bicyclic) bond motifs is 1. The number of nitrogen functional groups attached to an aromatic ring is 1. The van der Waals surface area contributed by atoms with Gasteiger partial charge in [-0.05, 0) is 50.3 Å². The summed E-state index contributed by atoms with van der Waals surface area (Å²) < 4.78 is 0. The number of benzene rings is 1. The first kappa shape index (κ1) is 18.6. The lowest BCUT2D eigenvalue weighted by molar-refractivity contribution is -0.129. The van der Waals surface area contributed by atoms with Crippen LogP contribution in [0.1, 0.15) is 44.6 Å². The van der Waals surface area contributed by atoms with Gasteiger partial charge >= 0.3 is 0 Å². The number of halogens is 1. The molecule has 5 nitrogen and oxygen atoms in total. The first-order valence-electron chi connectivity index (χ1n) is 8.57. The molecule has 1 fully saturated rings. The molecule has 3 N–H and O–H groups in total. The Kier molecular flexibility index (Phi) is 6.10. The van der Waals surface area contributed by atoms with Crippen molar-refractivity contribution in [3.05, 3.63) is 23.8 Å². The van der Waals surface area contributed by atoms with Gasteiger partial charge in [0.05, 0.1) is 0 Å². The molecule has 0 aromatic heterocycles. The Labute approximate surface area is 149 Å². The summed E-state index contributed by atoms with van der Waals surface area (Å²) in [5.74, 6) is 0.0468. The van der Waals surface area contributed by atoms with Crippen LogP contribution in [0.5, 0.6) is 0 Å². The number of nitrogens with one attached hydrogen (secondary N) is 1. The Balaban J connectivity index is 0.00000208. The van der Waals surface area contributed by atoms with Crippen molar-refractivity contribution >= 4 is 35.6 Å².